The molecule has 0 spiro atoms. The molecule has 0 radical (unpaired) electrons. The minimum absolute atomic E-state index is 0.00481. The lowest BCUT2D eigenvalue weighted by Crippen LogP contribution is -2.40. The third-order valence-electron chi connectivity index (χ3n) is 4.17. The van der Waals surface area contributed by atoms with E-state index in [-0.39, 0.29) is 5.91 Å². The van der Waals surface area contributed by atoms with Gasteiger partial charge in [-0.3, -0.25) is 4.79 Å². The second kappa shape index (κ2) is 7.51. The van der Waals surface area contributed by atoms with Crippen molar-refractivity contribution in [3.63, 3.8) is 0 Å². The van der Waals surface area contributed by atoms with Gasteiger partial charge in [-0.2, -0.15) is 0 Å². The van der Waals surface area contributed by atoms with Crippen LogP contribution in [0.15, 0.2) is 27.6 Å². The first kappa shape index (κ1) is 15.9. The number of halogens is 1. The molecule has 2 nitrogen and oxygen atoms in total. The van der Waals surface area contributed by atoms with Gasteiger partial charge in [0.05, 0.1) is 5.56 Å². The van der Waals surface area contributed by atoms with Crippen LogP contribution in [0, 0.1) is 5.92 Å². The number of hydrogen-bond acceptors (Lipinski definition) is 2. The fourth-order valence-corrected chi connectivity index (χ4v) is 3.65. The minimum atomic E-state index is 0.00481. The summed E-state index contributed by atoms with van der Waals surface area (Å²) in [6, 6.07) is 5.86. The minimum Gasteiger partial charge on any atom is -0.349 e. The van der Waals surface area contributed by atoms with Crippen LogP contribution >= 0.6 is 28.6 Å². The highest BCUT2D eigenvalue weighted by Gasteiger charge is 2.24. The summed E-state index contributed by atoms with van der Waals surface area (Å²) in [4.78, 5) is 13.3. The van der Waals surface area contributed by atoms with Crippen molar-refractivity contribution in [3.05, 3.63) is 28.2 Å². The van der Waals surface area contributed by atoms with Gasteiger partial charge in [0.25, 0.3) is 5.91 Å². The average Bonchev–Trinajstić information content (AvgIpc) is 2.48. The molecule has 1 saturated carbocycles. The van der Waals surface area contributed by atoms with Crippen LogP contribution in [0.2, 0.25) is 0 Å². The first-order valence-corrected chi connectivity index (χ1v) is 8.65. The second-order valence-corrected chi connectivity index (χ2v) is 6.92. The Morgan fingerprint density at radius 3 is 2.75 bits per heavy atom. The smallest absolute Gasteiger partial charge is 0.252 e. The molecule has 1 N–H and O–H groups in total. The number of amides is 1. The molecule has 1 aliphatic rings. The lowest BCUT2D eigenvalue weighted by molar-refractivity contribution is 0.0910. The van der Waals surface area contributed by atoms with Crippen LogP contribution < -0.4 is 5.32 Å². The molecule has 0 aliphatic heterocycles. The van der Waals surface area contributed by atoms with Crippen LogP contribution in [0.1, 0.15) is 55.8 Å². The summed E-state index contributed by atoms with van der Waals surface area (Å²) in [6.45, 7) is 2.16. The standard InChI is InChI=1S/C16H22BrNOS/c1-2-15(11-6-4-3-5-7-11)18-16(19)13-10-12(20)8-9-14(13)17/h8-11,15,20H,2-7H2,1H3,(H,18,19). The zero-order valence-electron chi connectivity index (χ0n) is 11.9. The fourth-order valence-electron chi connectivity index (χ4n) is 3.02. The lowest BCUT2D eigenvalue weighted by atomic mass is 9.83. The van der Waals surface area contributed by atoms with Gasteiger partial charge in [-0.25, -0.2) is 0 Å². The molecular weight excluding hydrogens is 334 g/mol. The van der Waals surface area contributed by atoms with Crippen molar-refractivity contribution in [1.82, 2.24) is 5.32 Å². The molecule has 1 amide bonds. The van der Waals surface area contributed by atoms with E-state index < -0.39 is 0 Å². The zero-order chi connectivity index (χ0) is 14.5. The van der Waals surface area contributed by atoms with E-state index in [1.165, 1.54) is 32.1 Å². The normalized spacial score (nSPS) is 17.8. The van der Waals surface area contributed by atoms with Crippen molar-refractivity contribution in [2.45, 2.75) is 56.4 Å². The van der Waals surface area contributed by atoms with Crippen LogP contribution in [-0.4, -0.2) is 11.9 Å². The zero-order valence-corrected chi connectivity index (χ0v) is 14.3. The summed E-state index contributed by atoms with van der Waals surface area (Å²) >= 11 is 7.75. The van der Waals surface area contributed by atoms with Crippen LogP contribution in [0.3, 0.4) is 0 Å². The molecule has 110 valence electrons. The number of nitrogens with one attached hydrogen (secondary N) is 1. The van der Waals surface area contributed by atoms with Gasteiger partial charge in [0.1, 0.15) is 0 Å². The predicted molar refractivity (Wildman–Crippen MR) is 89.5 cm³/mol. The van der Waals surface area contributed by atoms with Crippen LogP contribution in [0.4, 0.5) is 0 Å². The largest absolute Gasteiger partial charge is 0.349 e. The molecule has 20 heavy (non-hydrogen) atoms. The molecule has 0 aromatic heterocycles. The maximum atomic E-state index is 12.5. The van der Waals surface area contributed by atoms with E-state index in [4.69, 9.17) is 0 Å². The Morgan fingerprint density at radius 1 is 1.40 bits per heavy atom. The van der Waals surface area contributed by atoms with Gasteiger partial charge in [-0.15, -0.1) is 12.6 Å². The molecule has 1 fully saturated rings. The topological polar surface area (TPSA) is 29.1 Å². The van der Waals surface area contributed by atoms with E-state index in [1.54, 1.807) is 0 Å². The monoisotopic (exact) mass is 355 g/mol. The molecule has 2 rings (SSSR count). The number of benzene rings is 1. The average molecular weight is 356 g/mol. The number of carbonyl (C=O) groups excluding carboxylic acids is 1. The maximum absolute atomic E-state index is 12.5. The molecule has 0 bridgehead atoms. The van der Waals surface area contributed by atoms with E-state index >= 15 is 0 Å². The summed E-state index contributed by atoms with van der Waals surface area (Å²) in [6.07, 6.45) is 7.42. The molecule has 0 heterocycles. The van der Waals surface area contributed by atoms with Crippen molar-refractivity contribution in [1.29, 1.82) is 0 Å². The first-order chi connectivity index (χ1) is 9.61. The summed E-state index contributed by atoms with van der Waals surface area (Å²) in [5.41, 5.74) is 0.673. The molecule has 1 aromatic rings. The second-order valence-electron chi connectivity index (χ2n) is 5.55. The number of carbonyl (C=O) groups is 1. The Labute approximate surface area is 135 Å². The van der Waals surface area contributed by atoms with Gasteiger partial charge in [-0.1, -0.05) is 26.2 Å². The van der Waals surface area contributed by atoms with Crippen LogP contribution in [0.5, 0.6) is 0 Å². The molecule has 1 unspecified atom stereocenters. The van der Waals surface area contributed by atoms with E-state index in [1.807, 2.05) is 18.2 Å². The number of thiol groups is 1. The molecule has 4 heteroatoms. The fraction of sp³-hybridized carbons (Fsp3) is 0.562. The Hall–Kier alpha value is -0.480. The van der Waals surface area contributed by atoms with Crippen molar-refractivity contribution in [2.24, 2.45) is 5.92 Å². The summed E-state index contributed by atoms with van der Waals surface area (Å²) in [5.74, 6) is 0.640. The number of rotatable bonds is 4. The van der Waals surface area contributed by atoms with Gasteiger partial charge >= 0.3 is 0 Å². The third-order valence-corrected chi connectivity index (χ3v) is 5.14. The Kier molecular flexibility index (Phi) is 5.97. The van der Waals surface area contributed by atoms with Crippen molar-refractivity contribution in [3.8, 4) is 0 Å². The Morgan fingerprint density at radius 2 is 2.10 bits per heavy atom. The molecule has 0 saturated heterocycles. The Balaban J connectivity index is 2.06. The highest BCUT2D eigenvalue weighted by Crippen LogP contribution is 2.28. The maximum Gasteiger partial charge on any atom is 0.252 e. The van der Waals surface area contributed by atoms with E-state index in [0.29, 0.717) is 17.5 Å². The molecule has 1 atom stereocenters. The third kappa shape index (κ3) is 4.01. The van der Waals surface area contributed by atoms with Crippen LogP contribution in [0.25, 0.3) is 0 Å². The van der Waals surface area contributed by atoms with E-state index in [0.717, 1.165) is 15.8 Å². The first-order valence-electron chi connectivity index (χ1n) is 7.41. The Bertz CT molecular complexity index is 472. The summed E-state index contributed by atoms with van der Waals surface area (Å²) < 4.78 is 0.825. The van der Waals surface area contributed by atoms with Gasteiger partial charge in [0.2, 0.25) is 0 Å². The van der Waals surface area contributed by atoms with Gasteiger partial charge in [0, 0.05) is 15.4 Å². The summed E-state index contributed by atoms with van der Waals surface area (Å²) in [7, 11) is 0. The van der Waals surface area contributed by atoms with E-state index in [2.05, 4.69) is 40.8 Å². The lowest BCUT2D eigenvalue weighted by Gasteiger charge is -2.30. The van der Waals surface area contributed by atoms with Gasteiger partial charge < -0.3 is 5.32 Å². The predicted octanol–water partition coefficient (Wildman–Crippen LogP) is 4.83. The van der Waals surface area contributed by atoms with E-state index in [9.17, 15) is 4.79 Å². The summed E-state index contributed by atoms with van der Waals surface area (Å²) in [5, 5.41) is 3.22. The quantitative estimate of drug-likeness (QED) is 0.744. The SMILES string of the molecule is CCC(NC(=O)c1cc(S)ccc1Br)C1CCCCC1. The van der Waals surface area contributed by atoms with Crippen molar-refractivity contribution >= 4 is 34.5 Å². The molecular formula is C16H22BrNOS. The van der Waals surface area contributed by atoms with Crippen LogP contribution in [-0.2, 0) is 0 Å². The molecule has 1 aromatic carbocycles. The highest BCUT2D eigenvalue weighted by atomic mass is 79.9. The molecule has 1 aliphatic carbocycles. The van der Waals surface area contributed by atoms with Gasteiger partial charge in [-0.05, 0) is 59.3 Å². The van der Waals surface area contributed by atoms with Crippen molar-refractivity contribution in [2.75, 3.05) is 0 Å². The number of hydrogen-bond donors (Lipinski definition) is 2. The van der Waals surface area contributed by atoms with Gasteiger partial charge in [0.15, 0.2) is 0 Å². The highest BCUT2D eigenvalue weighted by molar-refractivity contribution is 9.10. The van der Waals surface area contributed by atoms with Crippen molar-refractivity contribution < 1.29 is 4.79 Å².